The predicted octanol–water partition coefficient (Wildman–Crippen LogP) is 3.01. The van der Waals surface area contributed by atoms with E-state index in [-0.39, 0.29) is 10.6 Å². The topological polar surface area (TPSA) is 81.0 Å². The number of benzene rings is 1. The fraction of sp³-hybridized carbons (Fsp3) is 0.333. The van der Waals surface area contributed by atoms with Crippen LogP contribution in [0.1, 0.15) is 24.7 Å². The number of nitrogens with zero attached hydrogens (tertiary/aromatic N) is 3. The first kappa shape index (κ1) is 13.4. The van der Waals surface area contributed by atoms with Gasteiger partial charge in [0.2, 0.25) is 5.13 Å². The lowest BCUT2D eigenvalue weighted by Crippen LogP contribution is -2.02. The Bertz CT molecular complexity index is 570. The van der Waals surface area contributed by atoms with Gasteiger partial charge < -0.3 is 5.32 Å². The zero-order chi connectivity index (χ0) is 13.7. The number of nitro groups is 1. The number of para-hydroxylation sites is 1. The van der Waals surface area contributed by atoms with Crippen LogP contribution >= 0.6 is 11.5 Å². The van der Waals surface area contributed by atoms with Crippen molar-refractivity contribution in [3.05, 3.63) is 45.8 Å². The van der Waals surface area contributed by atoms with Crippen LogP contribution in [-0.2, 0) is 13.0 Å². The number of anilines is 1. The van der Waals surface area contributed by atoms with E-state index in [1.165, 1.54) is 17.6 Å². The van der Waals surface area contributed by atoms with Crippen LogP contribution in [0.5, 0.6) is 0 Å². The van der Waals surface area contributed by atoms with Gasteiger partial charge in [0.25, 0.3) is 5.69 Å². The Hall–Kier alpha value is -2.02. The summed E-state index contributed by atoms with van der Waals surface area (Å²) in [6, 6.07) is 6.68. The summed E-state index contributed by atoms with van der Waals surface area (Å²) in [5, 5.41) is 14.6. The first-order chi connectivity index (χ1) is 9.20. The Balaban J connectivity index is 2.03. The number of nitro benzene ring substituents is 1. The number of hydrogen-bond donors (Lipinski definition) is 1. The molecule has 1 N–H and O–H groups in total. The molecule has 0 aliphatic carbocycles. The van der Waals surface area contributed by atoms with Crippen LogP contribution in [0.4, 0.5) is 10.8 Å². The summed E-state index contributed by atoms with van der Waals surface area (Å²) in [7, 11) is 0. The third kappa shape index (κ3) is 3.47. The Morgan fingerprint density at radius 2 is 2.21 bits per heavy atom. The lowest BCUT2D eigenvalue weighted by molar-refractivity contribution is -0.385. The van der Waals surface area contributed by atoms with E-state index in [1.54, 1.807) is 18.2 Å². The molecule has 0 atom stereocenters. The van der Waals surface area contributed by atoms with Crippen LogP contribution in [0, 0.1) is 10.1 Å². The van der Waals surface area contributed by atoms with Gasteiger partial charge in [-0.15, -0.1) is 0 Å². The third-order valence-corrected chi connectivity index (χ3v) is 3.27. The van der Waals surface area contributed by atoms with Crippen molar-refractivity contribution < 1.29 is 4.92 Å². The maximum absolute atomic E-state index is 10.9. The maximum Gasteiger partial charge on any atom is 0.274 e. The number of aromatic nitrogens is 2. The largest absolute Gasteiger partial charge is 0.356 e. The average molecular weight is 278 g/mol. The van der Waals surface area contributed by atoms with Gasteiger partial charge in [0.15, 0.2) is 0 Å². The monoisotopic (exact) mass is 278 g/mol. The van der Waals surface area contributed by atoms with Gasteiger partial charge in [-0.05, 0) is 6.42 Å². The zero-order valence-electron chi connectivity index (χ0n) is 10.5. The van der Waals surface area contributed by atoms with E-state index < -0.39 is 0 Å². The Morgan fingerprint density at radius 1 is 1.42 bits per heavy atom. The van der Waals surface area contributed by atoms with Crippen molar-refractivity contribution in [3.63, 3.8) is 0 Å². The van der Waals surface area contributed by atoms with E-state index in [1.807, 2.05) is 0 Å². The van der Waals surface area contributed by atoms with Gasteiger partial charge in [0.1, 0.15) is 5.82 Å². The molecule has 1 heterocycles. The van der Waals surface area contributed by atoms with E-state index in [0.717, 1.165) is 18.7 Å². The molecule has 0 bridgehead atoms. The standard InChI is InChI=1S/C12H14N4O2S/c1-2-5-11-14-12(19-15-11)13-8-9-6-3-4-7-10(9)16(17)18/h3-4,6-7H,2,5,8H2,1H3,(H,13,14,15). The highest BCUT2D eigenvalue weighted by Gasteiger charge is 2.12. The summed E-state index contributed by atoms with van der Waals surface area (Å²) in [6.45, 7) is 2.44. The summed E-state index contributed by atoms with van der Waals surface area (Å²) in [4.78, 5) is 14.8. The second-order valence-corrected chi connectivity index (χ2v) is 4.76. The second-order valence-electron chi connectivity index (χ2n) is 4.01. The number of rotatable bonds is 6. The molecule has 0 aliphatic rings. The highest BCUT2D eigenvalue weighted by molar-refractivity contribution is 7.09. The molecule has 2 rings (SSSR count). The van der Waals surface area contributed by atoms with Crippen molar-refractivity contribution in [1.29, 1.82) is 0 Å². The molecular weight excluding hydrogens is 264 g/mol. The molecule has 0 unspecified atom stereocenters. The molecule has 0 amide bonds. The summed E-state index contributed by atoms with van der Waals surface area (Å²) in [5.41, 5.74) is 0.757. The van der Waals surface area contributed by atoms with E-state index in [4.69, 9.17) is 0 Å². The molecule has 19 heavy (non-hydrogen) atoms. The van der Waals surface area contributed by atoms with Crippen molar-refractivity contribution in [1.82, 2.24) is 9.36 Å². The summed E-state index contributed by atoms with van der Waals surface area (Å²) in [6.07, 6.45) is 1.85. The van der Waals surface area contributed by atoms with Gasteiger partial charge in [-0.3, -0.25) is 10.1 Å². The lowest BCUT2D eigenvalue weighted by Gasteiger charge is -2.03. The predicted molar refractivity (Wildman–Crippen MR) is 74.3 cm³/mol. The summed E-state index contributed by atoms with van der Waals surface area (Å²) >= 11 is 1.28. The fourth-order valence-corrected chi connectivity index (χ4v) is 2.27. The molecule has 0 fully saturated rings. The minimum absolute atomic E-state index is 0.119. The van der Waals surface area contributed by atoms with E-state index in [0.29, 0.717) is 17.2 Å². The van der Waals surface area contributed by atoms with Gasteiger partial charge in [-0.2, -0.15) is 4.37 Å². The summed E-state index contributed by atoms with van der Waals surface area (Å²) in [5.74, 6) is 0.817. The molecule has 0 radical (unpaired) electrons. The van der Waals surface area contributed by atoms with Gasteiger partial charge in [0.05, 0.1) is 4.92 Å². The molecule has 0 saturated carbocycles. The number of nitrogens with one attached hydrogen (secondary N) is 1. The summed E-state index contributed by atoms with van der Waals surface area (Å²) < 4.78 is 4.21. The molecule has 0 spiro atoms. The molecule has 1 aromatic carbocycles. The SMILES string of the molecule is CCCc1nsc(NCc2ccccc2[N+](=O)[O-])n1. The van der Waals surface area contributed by atoms with Gasteiger partial charge >= 0.3 is 0 Å². The Labute approximate surface area is 114 Å². The maximum atomic E-state index is 10.9. The first-order valence-electron chi connectivity index (χ1n) is 5.99. The minimum Gasteiger partial charge on any atom is -0.356 e. The highest BCUT2D eigenvalue weighted by atomic mass is 32.1. The zero-order valence-corrected chi connectivity index (χ0v) is 11.3. The molecule has 0 saturated heterocycles. The normalized spacial score (nSPS) is 10.4. The minimum atomic E-state index is -0.375. The number of aryl methyl sites for hydroxylation is 1. The Morgan fingerprint density at radius 3 is 2.95 bits per heavy atom. The van der Waals surface area contributed by atoms with Crippen LogP contribution in [-0.4, -0.2) is 14.3 Å². The average Bonchev–Trinajstić information content (AvgIpc) is 2.85. The van der Waals surface area contributed by atoms with Crippen molar-refractivity contribution >= 4 is 22.4 Å². The molecule has 0 aliphatic heterocycles. The third-order valence-electron chi connectivity index (χ3n) is 2.56. The molecule has 6 nitrogen and oxygen atoms in total. The van der Waals surface area contributed by atoms with Crippen LogP contribution in [0.2, 0.25) is 0 Å². The van der Waals surface area contributed by atoms with E-state index >= 15 is 0 Å². The van der Waals surface area contributed by atoms with E-state index in [2.05, 4.69) is 21.6 Å². The van der Waals surface area contributed by atoms with Crippen molar-refractivity contribution in [3.8, 4) is 0 Å². The van der Waals surface area contributed by atoms with Crippen LogP contribution in [0.3, 0.4) is 0 Å². The van der Waals surface area contributed by atoms with Crippen LogP contribution in [0.15, 0.2) is 24.3 Å². The van der Waals surface area contributed by atoms with Crippen LogP contribution in [0.25, 0.3) is 0 Å². The molecule has 2 aromatic rings. The van der Waals surface area contributed by atoms with Crippen LogP contribution < -0.4 is 5.32 Å². The first-order valence-corrected chi connectivity index (χ1v) is 6.76. The van der Waals surface area contributed by atoms with Gasteiger partial charge in [-0.25, -0.2) is 4.98 Å². The Kier molecular flexibility index (Phi) is 4.40. The van der Waals surface area contributed by atoms with E-state index in [9.17, 15) is 10.1 Å². The van der Waals surface area contributed by atoms with Gasteiger partial charge in [-0.1, -0.05) is 25.1 Å². The molecule has 100 valence electrons. The van der Waals surface area contributed by atoms with Crippen molar-refractivity contribution in [2.45, 2.75) is 26.3 Å². The lowest BCUT2D eigenvalue weighted by atomic mass is 10.2. The molecular formula is C12H14N4O2S. The van der Waals surface area contributed by atoms with Crippen molar-refractivity contribution in [2.75, 3.05) is 5.32 Å². The second kappa shape index (κ2) is 6.24. The molecule has 7 heteroatoms. The highest BCUT2D eigenvalue weighted by Crippen LogP contribution is 2.20. The smallest absolute Gasteiger partial charge is 0.274 e. The fourth-order valence-electron chi connectivity index (χ4n) is 1.66. The quantitative estimate of drug-likeness (QED) is 0.649. The number of hydrogen-bond acceptors (Lipinski definition) is 6. The molecule has 1 aromatic heterocycles. The van der Waals surface area contributed by atoms with Gasteiger partial charge in [0, 0.05) is 36.1 Å². The van der Waals surface area contributed by atoms with Crippen molar-refractivity contribution in [2.24, 2.45) is 0 Å².